The lowest BCUT2D eigenvalue weighted by Crippen LogP contribution is -2.29. The largest absolute Gasteiger partial charge is 0.463 e. The van der Waals surface area contributed by atoms with Crippen molar-refractivity contribution in [3.8, 4) is 11.1 Å². The molecule has 2 aromatic carbocycles. The first-order valence-corrected chi connectivity index (χ1v) is 13.2. The molecule has 37 heavy (non-hydrogen) atoms. The second kappa shape index (κ2) is 16.7. The summed E-state index contributed by atoms with van der Waals surface area (Å²) in [6.45, 7) is 5.46. The first-order chi connectivity index (χ1) is 18.2. The summed E-state index contributed by atoms with van der Waals surface area (Å²) in [4.78, 5) is 23.6. The molecule has 0 spiro atoms. The molecule has 1 aliphatic rings. The summed E-state index contributed by atoms with van der Waals surface area (Å²) in [5, 5.41) is 2.72. The predicted octanol–water partition coefficient (Wildman–Crippen LogP) is 4.70. The lowest BCUT2D eigenvalue weighted by atomic mass is 9.98. The molecule has 0 heterocycles. The number of hydrogen-bond acceptors (Lipinski definition) is 7. The van der Waals surface area contributed by atoms with Gasteiger partial charge in [0, 0.05) is 18.9 Å². The van der Waals surface area contributed by atoms with E-state index in [1.165, 1.54) is 22.3 Å². The topological polar surface area (TPSA) is 92.3 Å². The quantitative estimate of drug-likeness (QED) is 0.228. The highest BCUT2D eigenvalue weighted by Gasteiger charge is 2.28. The third-order valence-electron chi connectivity index (χ3n) is 6.08. The Hall–Kier alpha value is -2.94. The van der Waals surface area contributed by atoms with Gasteiger partial charge < -0.3 is 29.0 Å². The van der Waals surface area contributed by atoms with E-state index < -0.39 is 6.09 Å². The van der Waals surface area contributed by atoms with Gasteiger partial charge in [-0.1, -0.05) is 68.3 Å². The van der Waals surface area contributed by atoms with Crippen LogP contribution < -0.4 is 5.32 Å². The number of ether oxygens (including phenoxy) is 5. The van der Waals surface area contributed by atoms with Gasteiger partial charge in [0.1, 0.15) is 13.2 Å². The maximum Gasteiger partial charge on any atom is 0.407 e. The molecule has 0 saturated carbocycles. The number of esters is 1. The number of rotatable bonds is 18. The van der Waals surface area contributed by atoms with E-state index >= 15 is 0 Å². The molecule has 1 amide bonds. The van der Waals surface area contributed by atoms with Crippen LogP contribution in [0.4, 0.5) is 4.79 Å². The van der Waals surface area contributed by atoms with E-state index in [-0.39, 0.29) is 25.1 Å². The van der Waals surface area contributed by atoms with Crippen LogP contribution in [0, 0.1) is 0 Å². The molecule has 0 aromatic heterocycles. The van der Waals surface area contributed by atoms with Gasteiger partial charge in [0.2, 0.25) is 0 Å². The molecule has 1 N–H and O–H groups in total. The monoisotopic (exact) mass is 513 g/mol. The van der Waals surface area contributed by atoms with E-state index in [0.717, 1.165) is 19.3 Å². The highest BCUT2D eigenvalue weighted by molar-refractivity contribution is 5.79. The highest BCUT2D eigenvalue weighted by Crippen LogP contribution is 2.44. The van der Waals surface area contributed by atoms with Crippen molar-refractivity contribution in [1.29, 1.82) is 0 Å². The van der Waals surface area contributed by atoms with Crippen LogP contribution in [0.15, 0.2) is 48.5 Å². The molecular formula is C29H39NO7. The van der Waals surface area contributed by atoms with E-state index in [2.05, 4.69) is 36.5 Å². The first kappa shape index (κ1) is 28.6. The zero-order valence-electron chi connectivity index (χ0n) is 21.7. The van der Waals surface area contributed by atoms with Crippen molar-refractivity contribution in [3.63, 3.8) is 0 Å². The van der Waals surface area contributed by atoms with Crippen molar-refractivity contribution < 1.29 is 33.3 Å². The number of alkyl carbamates (subject to hydrolysis) is 1. The summed E-state index contributed by atoms with van der Waals surface area (Å²) in [6.07, 6.45) is 3.02. The van der Waals surface area contributed by atoms with E-state index in [4.69, 9.17) is 23.7 Å². The number of carbonyl (C=O) groups is 2. The van der Waals surface area contributed by atoms with Gasteiger partial charge in [-0.15, -0.1) is 0 Å². The molecule has 0 fully saturated rings. The van der Waals surface area contributed by atoms with E-state index in [1.807, 2.05) is 24.3 Å². The molecule has 0 aliphatic heterocycles. The van der Waals surface area contributed by atoms with Gasteiger partial charge in [0.05, 0.1) is 39.6 Å². The fourth-order valence-corrected chi connectivity index (χ4v) is 4.22. The minimum Gasteiger partial charge on any atom is -0.463 e. The Bertz CT molecular complexity index is 919. The third-order valence-corrected chi connectivity index (χ3v) is 6.08. The molecule has 8 heteroatoms. The Morgan fingerprint density at radius 1 is 0.730 bits per heavy atom. The molecule has 3 rings (SSSR count). The van der Waals surface area contributed by atoms with Crippen molar-refractivity contribution >= 4 is 12.1 Å². The van der Waals surface area contributed by atoms with Crippen LogP contribution in [-0.2, 0) is 28.5 Å². The minimum atomic E-state index is -0.453. The summed E-state index contributed by atoms with van der Waals surface area (Å²) in [5.74, 6) is -0.125. The van der Waals surface area contributed by atoms with Gasteiger partial charge in [-0.25, -0.2) is 4.79 Å². The standard InChI is InChI=1S/C29H39NO7/c1-2-3-4-13-28(31)36-21-20-35-19-18-34-17-16-33-15-14-30-29(32)37-22-27-25-11-7-5-9-23(25)24-10-6-8-12-26(24)27/h5-12,27H,2-4,13-22H2,1H3,(H,30,32). The first-order valence-electron chi connectivity index (χ1n) is 13.2. The van der Waals surface area contributed by atoms with Crippen LogP contribution in [-0.4, -0.2) is 71.5 Å². The molecule has 0 bridgehead atoms. The second-order valence-corrected chi connectivity index (χ2v) is 8.77. The van der Waals surface area contributed by atoms with E-state index in [9.17, 15) is 9.59 Å². The normalized spacial score (nSPS) is 12.1. The summed E-state index contributed by atoms with van der Waals surface area (Å²) in [6, 6.07) is 16.5. The predicted molar refractivity (Wildman–Crippen MR) is 141 cm³/mol. The number of benzene rings is 2. The van der Waals surface area contributed by atoms with Crippen molar-refractivity contribution in [1.82, 2.24) is 5.32 Å². The van der Waals surface area contributed by atoms with Crippen molar-refractivity contribution in [2.75, 3.05) is 59.4 Å². The Balaban J connectivity index is 1.14. The van der Waals surface area contributed by atoms with Crippen LogP contribution in [0.2, 0.25) is 0 Å². The maximum atomic E-state index is 12.1. The Kier molecular flexibility index (Phi) is 12.9. The van der Waals surface area contributed by atoms with Crippen LogP contribution in [0.25, 0.3) is 11.1 Å². The average Bonchev–Trinajstić information content (AvgIpc) is 3.24. The van der Waals surface area contributed by atoms with Crippen molar-refractivity contribution in [2.24, 2.45) is 0 Å². The van der Waals surface area contributed by atoms with Crippen LogP contribution >= 0.6 is 0 Å². The van der Waals surface area contributed by atoms with Gasteiger partial charge >= 0.3 is 12.1 Å². The van der Waals surface area contributed by atoms with Gasteiger partial charge in [-0.05, 0) is 28.7 Å². The van der Waals surface area contributed by atoms with Crippen molar-refractivity contribution in [3.05, 3.63) is 59.7 Å². The average molecular weight is 514 g/mol. The molecule has 0 unspecified atom stereocenters. The van der Waals surface area contributed by atoms with E-state index in [0.29, 0.717) is 52.6 Å². The second-order valence-electron chi connectivity index (χ2n) is 8.77. The molecule has 202 valence electrons. The molecule has 0 saturated heterocycles. The lowest BCUT2D eigenvalue weighted by Gasteiger charge is -2.14. The molecule has 0 atom stereocenters. The van der Waals surface area contributed by atoms with Crippen LogP contribution in [0.5, 0.6) is 0 Å². The summed E-state index contributed by atoms with van der Waals surface area (Å²) < 4.78 is 26.9. The van der Waals surface area contributed by atoms with E-state index in [1.54, 1.807) is 0 Å². The summed E-state index contributed by atoms with van der Waals surface area (Å²) in [5.41, 5.74) is 4.78. The minimum absolute atomic E-state index is 0.0427. The third kappa shape index (κ3) is 9.80. The van der Waals surface area contributed by atoms with Crippen molar-refractivity contribution in [2.45, 2.75) is 38.5 Å². The smallest absolute Gasteiger partial charge is 0.407 e. The Morgan fingerprint density at radius 3 is 1.92 bits per heavy atom. The number of carbonyl (C=O) groups excluding carboxylic acids is 2. The fourth-order valence-electron chi connectivity index (χ4n) is 4.22. The molecule has 0 radical (unpaired) electrons. The zero-order chi connectivity index (χ0) is 26.1. The van der Waals surface area contributed by atoms with Gasteiger partial charge in [-0.2, -0.15) is 0 Å². The van der Waals surface area contributed by atoms with Gasteiger partial charge in [0.15, 0.2) is 0 Å². The Morgan fingerprint density at radius 2 is 1.30 bits per heavy atom. The van der Waals surface area contributed by atoms with Crippen LogP contribution in [0.1, 0.15) is 49.7 Å². The SMILES string of the molecule is CCCCCC(=O)OCCOCCOCCOCCNC(=O)OCC1c2ccccc2-c2ccccc21. The number of hydrogen-bond donors (Lipinski definition) is 1. The van der Waals surface area contributed by atoms with Gasteiger partial charge in [0.25, 0.3) is 0 Å². The Labute approximate surface area is 219 Å². The summed E-state index contributed by atoms with van der Waals surface area (Å²) >= 11 is 0. The molecule has 2 aromatic rings. The molecule has 8 nitrogen and oxygen atoms in total. The fraction of sp³-hybridized carbons (Fsp3) is 0.517. The van der Waals surface area contributed by atoms with Gasteiger partial charge in [-0.3, -0.25) is 4.79 Å². The molecule has 1 aliphatic carbocycles. The lowest BCUT2D eigenvalue weighted by molar-refractivity contribution is -0.145. The zero-order valence-corrected chi connectivity index (χ0v) is 21.7. The highest BCUT2D eigenvalue weighted by atomic mass is 16.6. The number of amides is 1. The van der Waals surface area contributed by atoms with Crippen LogP contribution in [0.3, 0.4) is 0 Å². The maximum absolute atomic E-state index is 12.1. The summed E-state index contributed by atoms with van der Waals surface area (Å²) in [7, 11) is 0. The number of fused-ring (bicyclic) bond motifs is 3. The molecular weight excluding hydrogens is 474 g/mol. The number of nitrogens with one attached hydrogen (secondary N) is 1. The number of unbranched alkanes of at least 4 members (excludes halogenated alkanes) is 2.